The number of halogens is 1. The van der Waals surface area contributed by atoms with Crippen molar-refractivity contribution in [1.29, 1.82) is 0 Å². The van der Waals surface area contributed by atoms with E-state index in [1.54, 1.807) is 18.2 Å². The van der Waals surface area contributed by atoms with Crippen LogP contribution in [0.4, 0.5) is 0 Å². The number of fused-ring (bicyclic) bond motifs is 1. The van der Waals surface area contributed by atoms with E-state index in [0.717, 1.165) is 10.5 Å². The third-order valence-corrected chi connectivity index (χ3v) is 4.51. The van der Waals surface area contributed by atoms with Crippen LogP contribution in [0.25, 0.3) is 0 Å². The number of benzene rings is 1. The van der Waals surface area contributed by atoms with E-state index in [2.05, 4.69) is 5.32 Å². The highest BCUT2D eigenvalue weighted by Crippen LogP contribution is 2.34. The summed E-state index contributed by atoms with van der Waals surface area (Å²) < 4.78 is 0. The molecule has 1 heterocycles. The van der Waals surface area contributed by atoms with Crippen LogP contribution in [-0.2, 0) is 20.9 Å². The number of nitrogens with zero attached hydrogens (tertiary/aromatic N) is 1. The van der Waals surface area contributed by atoms with Crippen LogP contribution in [0.2, 0.25) is 5.02 Å². The highest BCUT2D eigenvalue weighted by atomic mass is 35.5. The molecule has 1 aliphatic carbocycles. The second kappa shape index (κ2) is 6.54. The molecular weight excluding hydrogens is 316 g/mol. The SMILES string of the molecule is O=C(CN1C(=O)[C@H]2CC=CC[C@H]2C1=O)NCc1cccc(Cl)c1. The molecule has 5 nitrogen and oxygen atoms in total. The Bertz CT molecular complexity index is 660. The molecule has 0 unspecified atom stereocenters. The summed E-state index contributed by atoms with van der Waals surface area (Å²) in [6.07, 6.45) is 5.01. The van der Waals surface area contributed by atoms with E-state index in [0.29, 0.717) is 24.4 Å². The second-order valence-corrected chi connectivity index (χ2v) is 6.26. The first kappa shape index (κ1) is 15.7. The van der Waals surface area contributed by atoms with Gasteiger partial charge in [0.25, 0.3) is 0 Å². The summed E-state index contributed by atoms with van der Waals surface area (Å²) in [7, 11) is 0. The van der Waals surface area contributed by atoms with Gasteiger partial charge in [0.15, 0.2) is 0 Å². The molecule has 1 saturated heterocycles. The van der Waals surface area contributed by atoms with Gasteiger partial charge in [-0.1, -0.05) is 35.9 Å². The largest absolute Gasteiger partial charge is 0.350 e. The van der Waals surface area contributed by atoms with Crippen LogP contribution in [0, 0.1) is 11.8 Å². The maximum atomic E-state index is 12.3. The van der Waals surface area contributed by atoms with Crippen molar-refractivity contribution >= 4 is 29.3 Å². The molecule has 3 rings (SSSR count). The van der Waals surface area contributed by atoms with E-state index in [-0.39, 0.29) is 36.1 Å². The monoisotopic (exact) mass is 332 g/mol. The van der Waals surface area contributed by atoms with E-state index in [1.165, 1.54) is 0 Å². The van der Waals surface area contributed by atoms with Crippen LogP contribution in [0.1, 0.15) is 18.4 Å². The van der Waals surface area contributed by atoms with Crippen LogP contribution in [-0.4, -0.2) is 29.2 Å². The molecule has 0 saturated carbocycles. The summed E-state index contributed by atoms with van der Waals surface area (Å²) in [6, 6.07) is 7.16. The number of allylic oxidation sites excluding steroid dienone is 2. The lowest BCUT2D eigenvalue weighted by Gasteiger charge is -2.14. The maximum absolute atomic E-state index is 12.3. The predicted molar refractivity (Wildman–Crippen MR) is 85.4 cm³/mol. The number of imide groups is 1. The smallest absolute Gasteiger partial charge is 0.240 e. The quantitative estimate of drug-likeness (QED) is 0.676. The minimum Gasteiger partial charge on any atom is -0.350 e. The van der Waals surface area contributed by atoms with Crippen molar-refractivity contribution in [3.63, 3.8) is 0 Å². The van der Waals surface area contributed by atoms with E-state index in [1.807, 2.05) is 18.2 Å². The molecule has 2 aliphatic rings. The average molecular weight is 333 g/mol. The number of hydrogen-bond donors (Lipinski definition) is 1. The highest BCUT2D eigenvalue weighted by molar-refractivity contribution is 6.30. The topological polar surface area (TPSA) is 66.5 Å². The Hall–Kier alpha value is -2.14. The Labute approximate surface area is 139 Å². The molecule has 1 aliphatic heterocycles. The number of rotatable bonds is 4. The summed E-state index contributed by atoms with van der Waals surface area (Å²) in [5.74, 6) is -1.41. The van der Waals surface area contributed by atoms with Crippen LogP contribution in [0.15, 0.2) is 36.4 Å². The van der Waals surface area contributed by atoms with Gasteiger partial charge in [-0.2, -0.15) is 0 Å². The summed E-state index contributed by atoms with van der Waals surface area (Å²) in [6.45, 7) is 0.0925. The van der Waals surface area contributed by atoms with Crippen LogP contribution in [0.5, 0.6) is 0 Å². The van der Waals surface area contributed by atoms with Crippen molar-refractivity contribution in [1.82, 2.24) is 10.2 Å². The molecular formula is C17H17ClN2O3. The van der Waals surface area contributed by atoms with E-state index < -0.39 is 0 Å². The third kappa shape index (κ3) is 3.29. The molecule has 0 aromatic heterocycles. The fourth-order valence-corrected chi connectivity index (χ4v) is 3.28. The van der Waals surface area contributed by atoms with E-state index in [9.17, 15) is 14.4 Å². The van der Waals surface area contributed by atoms with Crippen molar-refractivity contribution < 1.29 is 14.4 Å². The first-order valence-corrected chi connectivity index (χ1v) is 7.95. The zero-order chi connectivity index (χ0) is 16.4. The van der Waals surface area contributed by atoms with Gasteiger partial charge in [0.05, 0.1) is 11.8 Å². The van der Waals surface area contributed by atoms with Crippen molar-refractivity contribution in [2.75, 3.05) is 6.54 Å². The maximum Gasteiger partial charge on any atom is 0.240 e. The summed E-state index contributed by atoms with van der Waals surface area (Å²) in [4.78, 5) is 37.7. The van der Waals surface area contributed by atoms with Crippen molar-refractivity contribution in [3.8, 4) is 0 Å². The fourth-order valence-electron chi connectivity index (χ4n) is 3.07. The standard InChI is InChI=1S/C17H17ClN2O3/c18-12-5-3-4-11(8-12)9-19-15(21)10-20-16(22)13-6-1-2-7-14(13)17(20)23/h1-5,8,13-14H,6-7,9-10H2,(H,19,21)/t13-,14+. The van der Waals surface area contributed by atoms with Gasteiger partial charge in [0.2, 0.25) is 17.7 Å². The van der Waals surface area contributed by atoms with Gasteiger partial charge < -0.3 is 5.32 Å². The minimum absolute atomic E-state index is 0.217. The van der Waals surface area contributed by atoms with Crippen molar-refractivity contribution in [3.05, 3.63) is 47.0 Å². The molecule has 120 valence electrons. The Morgan fingerprint density at radius 2 is 1.83 bits per heavy atom. The number of likely N-dealkylation sites (tertiary alicyclic amines) is 1. The number of carbonyl (C=O) groups is 3. The van der Waals surface area contributed by atoms with Gasteiger partial charge >= 0.3 is 0 Å². The van der Waals surface area contributed by atoms with E-state index in [4.69, 9.17) is 11.6 Å². The summed E-state index contributed by atoms with van der Waals surface area (Å²) in [5.41, 5.74) is 0.864. The zero-order valence-electron chi connectivity index (χ0n) is 12.5. The molecule has 1 N–H and O–H groups in total. The van der Waals surface area contributed by atoms with Gasteiger partial charge in [-0.05, 0) is 30.5 Å². The Balaban J connectivity index is 1.58. The van der Waals surface area contributed by atoms with Crippen molar-refractivity contribution in [2.45, 2.75) is 19.4 Å². The Morgan fingerprint density at radius 1 is 1.17 bits per heavy atom. The highest BCUT2D eigenvalue weighted by Gasteiger charge is 2.47. The molecule has 0 spiro atoms. The average Bonchev–Trinajstić information content (AvgIpc) is 2.79. The number of nitrogens with one attached hydrogen (secondary N) is 1. The van der Waals surface area contributed by atoms with Gasteiger partial charge in [0.1, 0.15) is 6.54 Å². The molecule has 23 heavy (non-hydrogen) atoms. The van der Waals surface area contributed by atoms with Gasteiger partial charge in [0, 0.05) is 11.6 Å². The van der Waals surface area contributed by atoms with Gasteiger partial charge in [-0.15, -0.1) is 0 Å². The zero-order valence-corrected chi connectivity index (χ0v) is 13.3. The van der Waals surface area contributed by atoms with E-state index >= 15 is 0 Å². The predicted octanol–water partition coefficient (Wildman–Crippen LogP) is 1.91. The molecule has 6 heteroatoms. The van der Waals surface area contributed by atoms with Gasteiger partial charge in [-0.25, -0.2) is 0 Å². The fraction of sp³-hybridized carbons (Fsp3) is 0.353. The van der Waals surface area contributed by atoms with Gasteiger partial charge in [-0.3, -0.25) is 19.3 Å². The second-order valence-electron chi connectivity index (χ2n) is 5.83. The molecule has 0 bridgehead atoms. The van der Waals surface area contributed by atoms with Crippen LogP contribution in [0.3, 0.4) is 0 Å². The molecule has 1 aromatic rings. The normalized spacial score (nSPS) is 23.1. The van der Waals surface area contributed by atoms with Crippen LogP contribution < -0.4 is 5.32 Å². The minimum atomic E-state index is -0.349. The first-order valence-electron chi connectivity index (χ1n) is 7.57. The van der Waals surface area contributed by atoms with Crippen molar-refractivity contribution in [2.24, 2.45) is 11.8 Å². The summed E-state index contributed by atoms with van der Waals surface area (Å²) >= 11 is 5.89. The number of carbonyl (C=O) groups excluding carboxylic acids is 3. The number of amides is 3. The van der Waals surface area contributed by atoms with Crippen LogP contribution >= 0.6 is 11.6 Å². The lowest BCUT2D eigenvalue weighted by Crippen LogP contribution is -2.40. The molecule has 1 fully saturated rings. The molecule has 0 radical (unpaired) electrons. The molecule has 2 atom stereocenters. The first-order chi connectivity index (χ1) is 11.1. The summed E-state index contributed by atoms with van der Waals surface area (Å²) in [5, 5.41) is 3.31. The Morgan fingerprint density at radius 3 is 2.43 bits per heavy atom. The molecule has 1 aromatic carbocycles. The lowest BCUT2D eigenvalue weighted by atomic mass is 9.85. The molecule has 3 amide bonds. The Kier molecular flexibility index (Phi) is 4.48. The number of hydrogen-bond acceptors (Lipinski definition) is 3. The lowest BCUT2D eigenvalue weighted by molar-refractivity contribution is -0.143. The third-order valence-electron chi connectivity index (χ3n) is 4.28.